The summed E-state index contributed by atoms with van der Waals surface area (Å²) in [6.45, 7) is 8.33. The van der Waals surface area contributed by atoms with Gasteiger partial charge in [-0.05, 0) is 75.7 Å². The van der Waals surface area contributed by atoms with Crippen molar-refractivity contribution in [3.05, 3.63) is 23.8 Å². The van der Waals surface area contributed by atoms with Gasteiger partial charge in [-0.2, -0.15) is 0 Å². The second-order valence-electron chi connectivity index (χ2n) is 13.9. The Morgan fingerprint density at radius 3 is 1.05 bits per heavy atom. The van der Waals surface area contributed by atoms with E-state index in [0.717, 1.165) is 5.57 Å². The molecule has 0 amide bonds. The van der Waals surface area contributed by atoms with E-state index in [4.69, 9.17) is 4.74 Å². The third kappa shape index (κ3) is 10.3. The standard InChI is InChI=1S/C38H66O2/c1-4-32(2)33(3)37(39)40-38(34-26-20-14-8-5-9-15-21-27-34,35-28-22-16-10-6-11-17-23-29-35)36-30-24-18-12-7-13-19-25-31-36/h4,34-36H,3,5-31H2,1-2H3/b32-4+. The Morgan fingerprint density at radius 1 is 0.550 bits per heavy atom. The lowest BCUT2D eigenvalue weighted by Crippen LogP contribution is -2.55. The Bertz CT molecular complexity index is 654. The molecule has 3 aliphatic rings. The molecule has 3 aliphatic carbocycles. The first-order valence-electron chi connectivity index (χ1n) is 18.1. The third-order valence-corrected chi connectivity index (χ3v) is 11.2. The first-order chi connectivity index (χ1) is 19.6. The first-order valence-corrected chi connectivity index (χ1v) is 18.1. The van der Waals surface area contributed by atoms with Crippen LogP contribution in [-0.2, 0) is 9.53 Å². The predicted octanol–water partition coefficient (Wildman–Crippen LogP) is 12.2. The van der Waals surface area contributed by atoms with Gasteiger partial charge in [0, 0.05) is 0 Å². The van der Waals surface area contributed by atoms with Gasteiger partial charge in [-0.1, -0.05) is 147 Å². The number of ether oxygens (including phenoxy) is 1. The summed E-state index contributed by atoms with van der Waals surface area (Å²) >= 11 is 0. The van der Waals surface area contributed by atoms with Crippen LogP contribution in [0.25, 0.3) is 0 Å². The summed E-state index contributed by atoms with van der Waals surface area (Å²) in [6, 6.07) is 0. The van der Waals surface area contributed by atoms with Crippen molar-refractivity contribution in [3.63, 3.8) is 0 Å². The first kappa shape index (κ1) is 33.5. The fourth-order valence-corrected chi connectivity index (χ4v) is 8.59. The van der Waals surface area contributed by atoms with Gasteiger partial charge in [-0.25, -0.2) is 4.79 Å². The normalized spacial score (nSPS) is 24.1. The molecule has 2 heteroatoms. The average Bonchev–Trinajstić information content (AvgIpc) is 2.99. The number of hydrogen-bond acceptors (Lipinski definition) is 2. The monoisotopic (exact) mass is 555 g/mol. The van der Waals surface area contributed by atoms with Crippen molar-refractivity contribution < 1.29 is 9.53 Å². The number of hydrogen-bond donors (Lipinski definition) is 0. The van der Waals surface area contributed by atoms with E-state index in [2.05, 4.69) is 6.58 Å². The van der Waals surface area contributed by atoms with Gasteiger partial charge in [0.25, 0.3) is 0 Å². The molecule has 0 aliphatic heterocycles. The molecule has 0 aromatic heterocycles. The number of carbonyl (C=O) groups excluding carboxylic acids is 1. The van der Waals surface area contributed by atoms with Gasteiger partial charge >= 0.3 is 5.97 Å². The van der Waals surface area contributed by atoms with Crippen molar-refractivity contribution >= 4 is 5.97 Å². The molecule has 230 valence electrons. The molecule has 0 N–H and O–H groups in total. The Kier molecular flexibility index (Phi) is 16.1. The molecule has 0 radical (unpaired) electrons. The highest BCUT2D eigenvalue weighted by molar-refractivity contribution is 5.92. The molecular weight excluding hydrogens is 488 g/mol. The third-order valence-electron chi connectivity index (χ3n) is 11.2. The van der Waals surface area contributed by atoms with Gasteiger partial charge in [-0.3, -0.25) is 0 Å². The van der Waals surface area contributed by atoms with Crippen LogP contribution in [0.2, 0.25) is 0 Å². The predicted molar refractivity (Wildman–Crippen MR) is 173 cm³/mol. The zero-order valence-corrected chi connectivity index (χ0v) is 26.9. The van der Waals surface area contributed by atoms with Crippen LogP contribution in [0.1, 0.15) is 187 Å². The molecule has 40 heavy (non-hydrogen) atoms. The quantitative estimate of drug-likeness (QED) is 0.185. The van der Waals surface area contributed by atoms with Gasteiger partial charge < -0.3 is 4.74 Å². The molecule has 3 saturated carbocycles. The van der Waals surface area contributed by atoms with Crippen molar-refractivity contribution in [2.75, 3.05) is 0 Å². The fraction of sp³-hybridized carbons (Fsp3) is 0.868. The van der Waals surface area contributed by atoms with Crippen molar-refractivity contribution in [3.8, 4) is 0 Å². The van der Waals surface area contributed by atoms with Crippen LogP contribution in [0, 0.1) is 17.8 Å². The summed E-state index contributed by atoms with van der Waals surface area (Å²) in [4.78, 5) is 14.2. The molecule has 0 unspecified atom stereocenters. The molecule has 0 saturated heterocycles. The molecule has 0 spiro atoms. The van der Waals surface area contributed by atoms with Crippen molar-refractivity contribution in [1.29, 1.82) is 0 Å². The topological polar surface area (TPSA) is 26.3 Å². The number of esters is 1. The van der Waals surface area contributed by atoms with Crippen LogP contribution in [0.4, 0.5) is 0 Å². The highest BCUT2D eigenvalue weighted by atomic mass is 16.6. The highest BCUT2D eigenvalue weighted by Gasteiger charge is 2.52. The van der Waals surface area contributed by atoms with Crippen molar-refractivity contribution in [1.82, 2.24) is 0 Å². The Labute approximate surface area is 249 Å². The van der Waals surface area contributed by atoms with E-state index < -0.39 is 0 Å². The van der Waals surface area contributed by atoms with E-state index in [1.54, 1.807) is 0 Å². The van der Waals surface area contributed by atoms with E-state index in [9.17, 15) is 4.79 Å². The summed E-state index contributed by atoms with van der Waals surface area (Å²) in [5, 5.41) is 0. The van der Waals surface area contributed by atoms with E-state index in [1.165, 1.54) is 173 Å². The lowest BCUT2D eigenvalue weighted by molar-refractivity contribution is -0.190. The maximum absolute atomic E-state index is 14.2. The Hall–Kier alpha value is -1.05. The molecule has 0 heterocycles. The summed E-state index contributed by atoms with van der Waals surface area (Å²) in [5.74, 6) is 1.37. The average molecular weight is 555 g/mol. The van der Waals surface area contributed by atoms with Crippen LogP contribution in [0.3, 0.4) is 0 Å². The molecule has 0 atom stereocenters. The van der Waals surface area contributed by atoms with Crippen LogP contribution in [0.5, 0.6) is 0 Å². The zero-order chi connectivity index (χ0) is 28.5. The van der Waals surface area contributed by atoms with E-state index in [-0.39, 0.29) is 11.6 Å². The second-order valence-corrected chi connectivity index (χ2v) is 13.9. The minimum atomic E-state index is -0.328. The lowest BCUT2D eigenvalue weighted by Gasteiger charge is -2.52. The Balaban J connectivity index is 2.09. The zero-order valence-electron chi connectivity index (χ0n) is 26.9. The van der Waals surface area contributed by atoms with Crippen LogP contribution in [0.15, 0.2) is 23.8 Å². The van der Waals surface area contributed by atoms with E-state index >= 15 is 0 Å². The lowest BCUT2D eigenvalue weighted by atomic mass is 9.60. The second kappa shape index (κ2) is 19.2. The van der Waals surface area contributed by atoms with Crippen molar-refractivity contribution in [2.45, 2.75) is 193 Å². The number of carbonyl (C=O) groups is 1. The van der Waals surface area contributed by atoms with Crippen LogP contribution < -0.4 is 0 Å². The van der Waals surface area contributed by atoms with Gasteiger partial charge in [-0.15, -0.1) is 0 Å². The minimum absolute atomic E-state index is 0.109. The minimum Gasteiger partial charge on any atom is -0.455 e. The van der Waals surface area contributed by atoms with Gasteiger partial charge in [0.2, 0.25) is 0 Å². The molecule has 3 rings (SSSR count). The molecular formula is C38H66O2. The number of allylic oxidation sites excluding steroid dienone is 1. The summed E-state index contributed by atoms with van der Waals surface area (Å²) in [5.41, 5.74) is 1.24. The highest BCUT2D eigenvalue weighted by Crippen LogP contribution is 2.51. The summed E-state index contributed by atoms with van der Waals surface area (Å²) in [7, 11) is 0. The Morgan fingerprint density at radius 2 is 0.800 bits per heavy atom. The summed E-state index contributed by atoms with van der Waals surface area (Å²) in [6.07, 6.45) is 37.9. The van der Waals surface area contributed by atoms with Crippen LogP contribution in [-0.4, -0.2) is 11.6 Å². The van der Waals surface area contributed by atoms with Crippen LogP contribution >= 0.6 is 0 Å². The molecule has 3 fully saturated rings. The van der Waals surface area contributed by atoms with Gasteiger partial charge in [0.05, 0.1) is 5.57 Å². The maximum atomic E-state index is 14.2. The van der Waals surface area contributed by atoms with E-state index in [1.807, 2.05) is 19.9 Å². The molecule has 0 aromatic rings. The van der Waals surface area contributed by atoms with Gasteiger partial charge in [0.15, 0.2) is 0 Å². The molecule has 0 aromatic carbocycles. The maximum Gasteiger partial charge on any atom is 0.338 e. The summed E-state index contributed by atoms with van der Waals surface area (Å²) < 4.78 is 7.27. The van der Waals surface area contributed by atoms with E-state index in [0.29, 0.717) is 23.3 Å². The SMILES string of the molecule is C=C(C(=O)OC(C1CCCCCCCCC1)(C1CCCCCCCCC1)C1CCCCCCCCC1)/C(C)=C/C. The largest absolute Gasteiger partial charge is 0.455 e. The van der Waals surface area contributed by atoms with Crippen molar-refractivity contribution in [2.24, 2.45) is 17.8 Å². The van der Waals surface area contributed by atoms with Gasteiger partial charge in [0.1, 0.15) is 5.60 Å². The fourth-order valence-electron chi connectivity index (χ4n) is 8.59. The molecule has 2 nitrogen and oxygen atoms in total. The number of rotatable bonds is 6. The molecule has 0 bridgehead atoms. The smallest absolute Gasteiger partial charge is 0.338 e.